The van der Waals surface area contributed by atoms with Gasteiger partial charge in [0.25, 0.3) is 0 Å². The van der Waals surface area contributed by atoms with Crippen LogP contribution in [-0.2, 0) is 9.53 Å². The molecule has 3 atom stereocenters. The lowest BCUT2D eigenvalue weighted by Crippen LogP contribution is -2.60. The molecule has 1 N–H and O–H groups in total. The number of piperidine rings is 1. The number of carbonyl (C=O) groups excluding carboxylic acids is 1. The van der Waals surface area contributed by atoms with Gasteiger partial charge < -0.3 is 15.0 Å². The van der Waals surface area contributed by atoms with Crippen LogP contribution >= 0.6 is 11.6 Å². The third kappa shape index (κ3) is 3.05. The zero-order chi connectivity index (χ0) is 19.2. The second-order valence-corrected chi connectivity index (χ2v) is 9.12. The Hall–Kier alpha value is -1.26. The Balaban J connectivity index is 1.75. The Morgan fingerprint density at radius 2 is 2.07 bits per heavy atom. The molecule has 1 aromatic rings. The van der Waals surface area contributed by atoms with E-state index in [1.165, 1.54) is 37.7 Å². The van der Waals surface area contributed by atoms with E-state index in [0.29, 0.717) is 11.8 Å². The number of methoxy groups -OCH3 is 1. The van der Waals surface area contributed by atoms with E-state index in [0.717, 1.165) is 29.2 Å². The summed E-state index contributed by atoms with van der Waals surface area (Å²) in [7, 11) is 1.59. The molecule has 148 valence electrons. The quantitative estimate of drug-likeness (QED) is 0.810. The van der Waals surface area contributed by atoms with Crippen LogP contribution in [0.2, 0.25) is 5.02 Å². The minimum absolute atomic E-state index is 0.0173. The summed E-state index contributed by atoms with van der Waals surface area (Å²) in [6.45, 7) is 5.16. The predicted molar refractivity (Wildman–Crippen MR) is 110 cm³/mol. The summed E-state index contributed by atoms with van der Waals surface area (Å²) in [6.07, 6.45) is 7.48. The first-order valence-electron chi connectivity index (χ1n) is 10.3. The highest BCUT2D eigenvalue weighted by Gasteiger charge is 2.56. The van der Waals surface area contributed by atoms with Crippen molar-refractivity contribution in [2.24, 2.45) is 5.92 Å². The Bertz CT molecular complexity index is 731. The predicted octanol–water partition coefficient (Wildman–Crippen LogP) is 4.74. The van der Waals surface area contributed by atoms with Gasteiger partial charge in [0.05, 0.1) is 16.2 Å². The lowest BCUT2D eigenvalue weighted by Gasteiger charge is -2.52. The second kappa shape index (κ2) is 7.29. The highest BCUT2D eigenvalue weighted by atomic mass is 35.5. The standard InChI is InChI=1S/C22H31ClN2O2/c1-14-9-10-17-18-12-25(19(26)13-27-3)15(2)11-22(18,24-21(17)20(14)23)16-7-5-4-6-8-16/h9-10,15-16,18,24H,4-8,11-13H2,1-3H3/t15-,18?,22?/m0/s1. The molecule has 4 nitrogen and oxygen atoms in total. The average molecular weight is 391 g/mol. The smallest absolute Gasteiger partial charge is 0.248 e. The molecular formula is C22H31ClN2O2. The third-order valence-corrected chi connectivity index (χ3v) is 7.68. The molecule has 2 heterocycles. The summed E-state index contributed by atoms with van der Waals surface area (Å²) < 4.78 is 5.13. The van der Waals surface area contributed by atoms with Crippen LogP contribution in [0.25, 0.3) is 0 Å². The number of ether oxygens (including phenoxy) is 1. The molecular weight excluding hydrogens is 360 g/mol. The van der Waals surface area contributed by atoms with Crippen molar-refractivity contribution in [1.82, 2.24) is 4.90 Å². The van der Waals surface area contributed by atoms with E-state index >= 15 is 0 Å². The fraction of sp³-hybridized carbons (Fsp3) is 0.682. The van der Waals surface area contributed by atoms with E-state index < -0.39 is 0 Å². The molecule has 4 rings (SSSR count). The van der Waals surface area contributed by atoms with Crippen molar-refractivity contribution in [3.05, 3.63) is 28.3 Å². The number of halogens is 1. The lowest BCUT2D eigenvalue weighted by atomic mass is 9.63. The number of hydrogen-bond donors (Lipinski definition) is 1. The van der Waals surface area contributed by atoms with Crippen molar-refractivity contribution in [2.45, 2.75) is 69.9 Å². The number of nitrogens with one attached hydrogen (secondary N) is 1. The van der Waals surface area contributed by atoms with Gasteiger partial charge in [-0.1, -0.05) is 43.0 Å². The van der Waals surface area contributed by atoms with Crippen molar-refractivity contribution in [3.8, 4) is 0 Å². The highest BCUT2D eigenvalue weighted by Crippen LogP contribution is 2.56. The zero-order valence-electron chi connectivity index (χ0n) is 16.7. The van der Waals surface area contributed by atoms with Gasteiger partial charge in [0, 0.05) is 25.6 Å². The molecule has 1 amide bonds. The first-order chi connectivity index (χ1) is 13.0. The minimum atomic E-state index is 0.0173. The number of fused-ring (bicyclic) bond motifs is 3. The van der Waals surface area contributed by atoms with E-state index in [1.54, 1.807) is 7.11 Å². The molecule has 1 saturated carbocycles. The van der Waals surface area contributed by atoms with Crippen LogP contribution in [0, 0.1) is 12.8 Å². The van der Waals surface area contributed by atoms with Crippen LogP contribution in [0.5, 0.6) is 0 Å². The van der Waals surface area contributed by atoms with Crippen LogP contribution < -0.4 is 5.32 Å². The van der Waals surface area contributed by atoms with Crippen LogP contribution in [-0.4, -0.2) is 42.6 Å². The Morgan fingerprint density at radius 3 is 2.78 bits per heavy atom. The summed E-state index contributed by atoms with van der Waals surface area (Å²) in [6, 6.07) is 4.56. The van der Waals surface area contributed by atoms with E-state index in [1.807, 2.05) is 4.90 Å². The molecule has 5 heteroatoms. The first-order valence-corrected chi connectivity index (χ1v) is 10.7. The average Bonchev–Trinajstić information content (AvgIpc) is 3.00. The van der Waals surface area contributed by atoms with E-state index in [9.17, 15) is 4.79 Å². The molecule has 1 aliphatic carbocycles. The number of benzene rings is 1. The number of anilines is 1. The lowest BCUT2D eigenvalue weighted by molar-refractivity contribution is -0.140. The van der Waals surface area contributed by atoms with Crippen molar-refractivity contribution >= 4 is 23.2 Å². The Labute approximate surface area is 167 Å². The summed E-state index contributed by atoms with van der Waals surface area (Å²) in [5, 5.41) is 4.80. The van der Waals surface area contributed by atoms with Crippen molar-refractivity contribution in [3.63, 3.8) is 0 Å². The molecule has 0 aromatic heterocycles. The summed E-state index contributed by atoms with van der Waals surface area (Å²) >= 11 is 6.73. The molecule has 2 fully saturated rings. The Morgan fingerprint density at radius 1 is 1.33 bits per heavy atom. The van der Waals surface area contributed by atoms with E-state index in [2.05, 4.69) is 31.3 Å². The van der Waals surface area contributed by atoms with Gasteiger partial charge in [-0.3, -0.25) is 4.79 Å². The van der Waals surface area contributed by atoms with Gasteiger partial charge in [0.15, 0.2) is 0 Å². The number of likely N-dealkylation sites (tertiary alicyclic amines) is 1. The number of nitrogens with zero attached hydrogens (tertiary/aromatic N) is 1. The minimum Gasteiger partial charge on any atom is -0.377 e. The maximum Gasteiger partial charge on any atom is 0.248 e. The topological polar surface area (TPSA) is 41.6 Å². The third-order valence-electron chi connectivity index (χ3n) is 7.19. The zero-order valence-corrected chi connectivity index (χ0v) is 17.4. The normalized spacial score (nSPS) is 30.6. The van der Waals surface area contributed by atoms with Crippen molar-refractivity contribution in [1.29, 1.82) is 0 Å². The maximum absolute atomic E-state index is 12.7. The van der Waals surface area contributed by atoms with Gasteiger partial charge in [-0.15, -0.1) is 0 Å². The number of carbonyl (C=O) groups is 1. The Kier molecular flexibility index (Phi) is 5.15. The van der Waals surface area contributed by atoms with Gasteiger partial charge in [0.1, 0.15) is 6.61 Å². The molecule has 3 aliphatic rings. The van der Waals surface area contributed by atoms with Gasteiger partial charge in [-0.2, -0.15) is 0 Å². The van der Waals surface area contributed by atoms with Crippen LogP contribution in [0.1, 0.15) is 62.5 Å². The fourth-order valence-corrected chi connectivity index (χ4v) is 6.08. The van der Waals surface area contributed by atoms with Crippen molar-refractivity contribution in [2.75, 3.05) is 25.6 Å². The number of amides is 1. The SMILES string of the molecule is COCC(=O)N1CC2c3ccc(C)c(Cl)c3NC2(C2CCCCC2)C[C@@H]1C. The summed E-state index contributed by atoms with van der Waals surface area (Å²) in [4.78, 5) is 14.7. The summed E-state index contributed by atoms with van der Waals surface area (Å²) in [5.41, 5.74) is 3.53. The first kappa shape index (κ1) is 19.1. The molecule has 0 radical (unpaired) electrons. The molecule has 2 aliphatic heterocycles. The monoisotopic (exact) mass is 390 g/mol. The van der Waals surface area contributed by atoms with Gasteiger partial charge >= 0.3 is 0 Å². The maximum atomic E-state index is 12.7. The van der Waals surface area contributed by atoms with Gasteiger partial charge in [0.2, 0.25) is 5.91 Å². The molecule has 2 unspecified atom stereocenters. The van der Waals surface area contributed by atoms with Gasteiger partial charge in [-0.25, -0.2) is 0 Å². The van der Waals surface area contributed by atoms with Gasteiger partial charge in [-0.05, 0) is 50.2 Å². The highest BCUT2D eigenvalue weighted by molar-refractivity contribution is 6.34. The van der Waals surface area contributed by atoms with Crippen LogP contribution in [0.15, 0.2) is 12.1 Å². The van der Waals surface area contributed by atoms with Crippen LogP contribution in [0.4, 0.5) is 5.69 Å². The largest absolute Gasteiger partial charge is 0.377 e. The van der Waals surface area contributed by atoms with E-state index in [-0.39, 0.29) is 24.1 Å². The second-order valence-electron chi connectivity index (χ2n) is 8.75. The molecule has 1 saturated heterocycles. The molecule has 0 spiro atoms. The molecule has 0 bridgehead atoms. The van der Waals surface area contributed by atoms with Crippen molar-refractivity contribution < 1.29 is 9.53 Å². The van der Waals surface area contributed by atoms with E-state index in [4.69, 9.17) is 16.3 Å². The molecule has 27 heavy (non-hydrogen) atoms. The molecule has 1 aromatic carbocycles. The number of hydrogen-bond acceptors (Lipinski definition) is 3. The number of rotatable bonds is 3. The number of aryl methyl sites for hydroxylation is 1. The summed E-state index contributed by atoms with van der Waals surface area (Å²) in [5.74, 6) is 1.03. The fourth-order valence-electron chi connectivity index (χ4n) is 5.87. The van der Waals surface area contributed by atoms with Crippen LogP contribution in [0.3, 0.4) is 0 Å².